The number of halogens is 2. The van der Waals surface area contributed by atoms with Crippen molar-refractivity contribution in [1.82, 2.24) is 0 Å². The zero-order valence-corrected chi connectivity index (χ0v) is 5.27. The predicted molar refractivity (Wildman–Crippen MR) is 31.2 cm³/mol. The van der Waals surface area contributed by atoms with Gasteiger partial charge in [0.15, 0.2) is 5.83 Å². The lowest BCUT2D eigenvalue weighted by atomic mass is 10.2. The smallest absolute Gasteiger partial charge is 0.156 e. The van der Waals surface area contributed by atoms with Gasteiger partial charge in [0, 0.05) is 0 Å². The van der Waals surface area contributed by atoms with Crippen LogP contribution in [0.15, 0.2) is 12.2 Å². The molecule has 3 heteroatoms. The Morgan fingerprint density at radius 3 is 2.67 bits per heavy atom. The molecule has 0 heterocycles. The van der Waals surface area contributed by atoms with E-state index in [4.69, 9.17) is 5.11 Å². The maximum Gasteiger partial charge on any atom is 0.156 e. The van der Waals surface area contributed by atoms with Crippen molar-refractivity contribution in [2.24, 2.45) is 0 Å². The van der Waals surface area contributed by atoms with Gasteiger partial charge in [-0.05, 0) is 6.42 Å². The van der Waals surface area contributed by atoms with Crippen LogP contribution in [0, 0.1) is 0 Å². The third-order valence-electron chi connectivity index (χ3n) is 0.985. The minimum absolute atomic E-state index is 0.208. The van der Waals surface area contributed by atoms with E-state index in [0.717, 1.165) is 0 Å². The number of rotatable bonds is 3. The maximum atomic E-state index is 11.9. The van der Waals surface area contributed by atoms with Crippen molar-refractivity contribution in [2.75, 3.05) is 0 Å². The molecular weight excluding hydrogens is 126 g/mol. The summed E-state index contributed by atoms with van der Waals surface area (Å²) in [5.74, 6) is -1.09. The van der Waals surface area contributed by atoms with Crippen molar-refractivity contribution < 1.29 is 13.9 Å². The Morgan fingerprint density at radius 2 is 2.33 bits per heavy atom. The normalized spacial score (nSPS) is 15.8. The Hall–Kier alpha value is -0.440. The summed E-state index contributed by atoms with van der Waals surface area (Å²) < 4.78 is 23.2. The zero-order chi connectivity index (χ0) is 7.28. The lowest BCUT2D eigenvalue weighted by Gasteiger charge is -2.02. The molecule has 0 aliphatic rings. The molecule has 0 aliphatic heterocycles. The molecule has 1 nitrogen and oxygen atoms in total. The number of aliphatic hydroxyl groups is 1. The average molecular weight is 136 g/mol. The molecule has 0 rings (SSSR count). The molecule has 0 radical (unpaired) electrons. The van der Waals surface area contributed by atoms with Gasteiger partial charge in [0.25, 0.3) is 0 Å². The molecule has 1 unspecified atom stereocenters. The van der Waals surface area contributed by atoms with Crippen LogP contribution in [0.3, 0.4) is 0 Å². The third-order valence-corrected chi connectivity index (χ3v) is 0.985. The van der Waals surface area contributed by atoms with Gasteiger partial charge >= 0.3 is 0 Å². The van der Waals surface area contributed by atoms with Crippen molar-refractivity contribution in [1.29, 1.82) is 0 Å². The number of aliphatic hydroxyl groups excluding tert-OH is 1. The second kappa shape index (κ2) is 4.44. The maximum absolute atomic E-state index is 11.9. The van der Waals surface area contributed by atoms with Gasteiger partial charge in [-0.2, -0.15) is 0 Å². The summed E-state index contributed by atoms with van der Waals surface area (Å²) in [6, 6.07) is 0. The highest BCUT2D eigenvalue weighted by Crippen LogP contribution is 2.09. The third kappa shape index (κ3) is 3.19. The highest BCUT2D eigenvalue weighted by Gasteiger charge is 2.07. The summed E-state index contributed by atoms with van der Waals surface area (Å²) in [7, 11) is 0. The highest BCUT2D eigenvalue weighted by atomic mass is 19.2. The molecule has 0 spiro atoms. The van der Waals surface area contributed by atoms with Crippen LogP contribution in [0.5, 0.6) is 0 Å². The van der Waals surface area contributed by atoms with Crippen molar-refractivity contribution in [3.05, 3.63) is 12.2 Å². The van der Waals surface area contributed by atoms with Crippen molar-refractivity contribution >= 4 is 0 Å². The van der Waals surface area contributed by atoms with Crippen LogP contribution in [-0.4, -0.2) is 11.2 Å². The SMILES string of the molecule is CCCC(O)/C(F)=C/F. The van der Waals surface area contributed by atoms with Crippen molar-refractivity contribution in [3.8, 4) is 0 Å². The van der Waals surface area contributed by atoms with Gasteiger partial charge in [0.2, 0.25) is 0 Å². The Bertz CT molecular complexity index is 101. The van der Waals surface area contributed by atoms with E-state index in [9.17, 15) is 8.78 Å². The molecule has 54 valence electrons. The van der Waals surface area contributed by atoms with Gasteiger partial charge in [-0.25, -0.2) is 8.78 Å². The first-order valence-corrected chi connectivity index (χ1v) is 2.86. The summed E-state index contributed by atoms with van der Waals surface area (Å²) in [4.78, 5) is 0. The van der Waals surface area contributed by atoms with E-state index < -0.39 is 11.9 Å². The molecule has 9 heavy (non-hydrogen) atoms. The van der Waals surface area contributed by atoms with E-state index in [1.165, 1.54) is 0 Å². The molecule has 1 atom stereocenters. The lowest BCUT2D eigenvalue weighted by molar-refractivity contribution is 0.169. The van der Waals surface area contributed by atoms with Gasteiger partial charge in [0.05, 0.1) is 0 Å². The average Bonchev–Trinajstić information content (AvgIpc) is 1.87. The van der Waals surface area contributed by atoms with Crippen molar-refractivity contribution in [3.63, 3.8) is 0 Å². The first kappa shape index (κ1) is 8.56. The number of hydrogen-bond donors (Lipinski definition) is 1. The molecule has 1 N–H and O–H groups in total. The fourth-order valence-electron chi connectivity index (χ4n) is 0.484. The molecule has 0 saturated heterocycles. The quantitative estimate of drug-likeness (QED) is 0.628. The topological polar surface area (TPSA) is 20.2 Å². The summed E-state index contributed by atoms with van der Waals surface area (Å²) in [6.07, 6.45) is -0.547. The van der Waals surface area contributed by atoms with E-state index in [1.54, 1.807) is 6.92 Å². The van der Waals surface area contributed by atoms with Crippen LogP contribution in [-0.2, 0) is 0 Å². The summed E-state index contributed by atoms with van der Waals surface area (Å²) in [5, 5.41) is 8.63. The Morgan fingerprint density at radius 1 is 1.78 bits per heavy atom. The second-order valence-corrected chi connectivity index (χ2v) is 1.80. The van der Waals surface area contributed by atoms with Crippen LogP contribution >= 0.6 is 0 Å². The second-order valence-electron chi connectivity index (χ2n) is 1.80. The van der Waals surface area contributed by atoms with Gasteiger partial charge < -0.3 is 5.11 Å². The van der Waals surface area contributed by atoms with E-state index in [0.29, 0.717) is 6.42 Å². The molecule has 0 aliphatic carbocycles. The predicted octanol–water partition coefficient (Wildman–Crippen LogP) is 1.93. The fourth-order valence-corrected chi connectivity index (χ4v) is 0.484. The largest absolute Gasteiger partial charge is 0.386 e. The molecule has 0 aromatic heterocycles. The number of hydrogen-bond acceptors (Lipinski definition) is 1. The summed E-state index contributed by atoms with van der Waals surface area (Å²) in [6.45, 7) is 1.79. The first-order chi connectivity index (χ1) is 4.22. The van der Waals surface area contributed by atoms with Crippen LogP contribution < -0.4 is 0 Å². The highest BCUT2D eigenvalue weighted by molar-refractivity contribution is 4.92. The van der Waals surface area contributed by atoms with Crippen LogP contribution in [0.25, 0.3) is 0 Å². The molecular formula is C6H10F2O. The molecule has 0 fully saturated rings. The van der Waals surface area contributed by atoms with E-state index >= 15 is 0 Å². The summed E-state index contributed by atoms with van der Waals surface area (Å²) in [5.41, 5.74) is 0. The van der Waals surface area contributed by atoms with E-state index in [2.05, 4.69) is 0 Å². The van der Waals surface area contributed by atoms with Gasteiger partial charge in [-0.1, -0.05) is 13.3 Å². The Kier molecular flexibility index (Phi) is 4.22. The first-order valence-electron chi connectivity index (χ1n) is 2.86. The van der Waals surface area contributed by atoms with Gasteiger partial charge in [-0.3, -0.25) is 0 Å². The minimum Gasteiger partial charge on any atom is -0.386 e. The fraction of sp³-hybridized carbons (Fsp3) is 0.667. The Balaban J connectivity index is 3.59. The molecule has 0 aromatic rings. The van der Waals surface area contributed by atoms with E-state index in [-0.39, 0.29) is 12.8 Å². The van der Waals surface area contributed by atoms with Gasteiger partial charge in [-0.15, -0.1) is 0 Å². The molecule has 0 aromatic carbocycles. The summed E-state index contributed by atoms with van der Waals surface area (Å²) >= 11 is 0. The zero-order valence-electron chi connectivity index (χ0n) is 5.27. The standard InChI is InChI=1S/C6H10F2O/c1-2-3-6(9)5(8)4-7/h4,6,9H,2-3H2,1H3/b5-4-. The van der Waals surface area contributed by atoms with Crippen molar-refractivity contribution in [2.45, 2.75) is 25.9 Å². The minimum atomic E-state index is -1.25. The molecule has 0 bridgehead atoms. The van der Waals surface area contributed by atoms with Gasteiger partial charge in [0.1, 0.15) is 12.4 Å². The molecule has 0 saturated carbocycles. The van der Waals surface area contributed by atoms with E-state index in [1.807, 2.05) is 0 Å². The van der Waals surface area contributed by atoms with Crippen LogP contribution in [0.1, 0.15) is 19.8 Å². The lowest BCUT2D eigenvalue weighted by Crippen LogP contribution is -2.05. The monoisotopic (exact) mass is 136 g/mol. The van der Waals surface area contributed by atoms with Crippen LogP contribution in [0.4, 0.5) is 8.78 Å². The Labute approximate surface area is 53.0 Å². The van der Waals surface area contributed by atoms with Crippen LogP contribution in [0.2, 0.25) is 0 Å². The molecule has 0 amide bonds.